The van der Waals surface area contributed by atoms with E-state index < -0.39 is 0 Å². The first-order chi connectivity index (χ1) is 15.4. The number of hydrogen-bond donors (Lipinski definition) is 2. The van der Waals surface area contributed by atoms with Gasteiger partial charge in [-0.15, -0.1) is 10.2 Å². The van der Waals surface area contributed by atoms with Gasteiger partial charge in [0.1, 0.15) is 0 Å². The van der Waals surface area contributed by atoms with Gasteiger partial charge in [0.15, 0.2) is 11.0 Å². The lowest BCUT2D eigenvalue weighted by molar-refractivity contribution is -0.122. The predicted octanol–water partition coefficient (Wildman–Crippen LogP) is 4.13. The van der Waals surface area contributed by atoms with Gasteiger partial charge >= 0.3 is 0 Å². The van der Waals surface area contributed by atoms with E-state index in [0.717, 1.165) is 46.7 Å². The summed E-state index contributed by atoms with van der Waals surface area (Å²) in [6.45, 7) is 8.76. The lowest BCUT2D eigenvalue weighted by atomic mass is 10.1. The summed E-state index contributed by atoms with van der Waals surface area (Å²) in [6, 6.07) is 13.9. The van der Waals surface area contributed by atoms with Gasteiger partial charge in [-0.3, -0.25) is 9.59 Å². The molecule has 32 heavy (non-hydrogen) atoms. The molecule has 168 valence electrons. The molecule has 0 saturated carbocycles. The monoisotopic (exact) mass is 451 g/mol. The predicted molar refractivity (Wildman–Crippen MR) is 129 cm³/mol. The normalized spacial score (nSPS) is 10.8. The third-order valence-corrected chi connectivity index (χ3v) is 6.06. The molecule has 7 nitrogen and oxygen atoms in total. The number of hydrogen-bond acceptors (Lipinski definition) is 5. The van der Waals surface area contributed by atoms with Crippen molar-refractivity contribution in [3.8, 4) is 11.4 Å². The number of carbonyl (C=O) groups excluding carboxylic acids is 2. The quantitative estimate of drug-likeness (QED) is 0.478. The summed E-state index contributed by atoms with van der Waals surface area (Å²) in [6.07, 6.45) is 0.926. The van der Waals surface area contributed by atoms with Gasteiger partial charge in [-0.1, -0.05) is 54.6 Å². The Morgan fingerprint density at radius 3 is 2.56 bits per heavy atom. The number of carbonyl (C=O) groups is 2. The SMILES string of the molecule is CCCn1c(SCC(=O)NCC(=O)Nc2cccc(C)c2C)nnc1-c1cccc(C)c1. The summed E-state index contributed by atoms with van der Waals surface area (Å²) < 4.78 is 2.04. The van der Waals surface area contributed by atoms with E-state index in [1.807, 2.05) is 61.7 Å². The van der Waals surface area contributed by atoms with Crippen LogP contribution in [-0.2, 0) is 16.1 Å². The molecule has 3 rings (SSSR count). The number of nitrogens with one attached hydrogen (secondary N) is 2. The van der Waals surface area contributed by atoms with Crippen LogP contribution in [0.4, 0.5) is 5.69 Å². The van der Waals surface area contributed by atoms with Gasteiger partial charge in [0.05, 0.1) is 12.3 Å². The molecule has 0 atom stereocenters. The van der Waals surface area contributed by atoms with Crippen LogP contribution >= 0.6 is 11.8 Å². The Balaban J connectivity index is 1.56. The number of rotatable bonds is 9. The molecule has 1 aromatic heterocycles. The maximum absolute atomic E-state index is 12.3. The summed E-state index contributed by atoms with van der Waals surface area (Å²) in [5, 5.41) is 14.9. The molecule has 0 aliphatic heterocycles. The average Bonchev–Trinajstić information content (AvgIpc) is 3.17. The fraction of sp³-hybridized carbons (Fsp3) is 0.333. The highest BCUT2D eigenvalue weighted by Gasteiger charge is 2.16. The van der Waals surface area contributed by atoms with Crippen LogP contribution in [0.3, 0.4) is 0 Å². The lowest BCUT2D eigenvalue weighted by Gasteiger charge is -2.11. The van der Waals surface area contributed by atoms with Crippen LogP contribution in [0.1, 0.15) is 30.0 Å². The molecule has 2 N–H and O–H groups in total. The van der Waals surface area contributed by atoms with E-state index >= 15 is 0 Å². The van der Waals surface area contributed by atoms with Crippen LogP contribution in [0.15, 0.2) is 47.6 Å². The Kier molecular flexibility index (Phi) is 8.05. The van der Waals surface area contributed by atoms with Gasteiger partial charge in [-0.2, -0.15) is 0 Å². The van der Waals surface area contributed by atoms with Crippen LogP contribution in [0.2, 0.25) is 0 Å². The zero-order valence-corrected chi connectivity index (χ0v) is 19.8. The topological polar surface area (TPSA) is 88.9 Å². The maximum atomic E-state index is 12.3. The molecule has 8 heteroatoms. The third-order valence-electron chi connectivity index (χ3n) is 5.10. The Hall–Kier alpha value is -3.13. The number of nitrogens with zero attached hydrogens (tertiary/aromatic N) is 3. The maximum Gasteiger partial charge on any atom is 0.243 e. The molecular formula is C24H29N5O2S. The van der Waals surface area contributed by atoms with E-state index in [-0.39, 0.29) is 24.1 Å². The highest BCUT2D eigenvalue weighted by Crippen LogP contribution is 2.25. The van der Waals surface area contributed by atoms with Crippen LogP contribution in [0.25, 0.3) is 11.4 Å². The van der Waals surface area contributed by atoms with Gasteiger partial charge in [0.2, 0.25) is 11.8 Å². The van der Waals surface area contributed by atoms with Gasteiger partial charge in [-0.05, 0) is 50.5 Å². The van der Waals surface area contributed by atoms with Gasteiger partial charge in [-0.25, -0.2) is 0 Å². The van der Waals surface area contributed by atoms with E-state index in [0.29, 0.717) is 5.16 Å². The first kappa shape index (κ1) is 23.5. The standard InChI is InChI=1S/C24H29N5O2S/c1-5-12-29-23(19-10-6-8-16(2)13-19)27-28-24(29)32-15-22(31)25-14-21(30)26-20-11-7-9-17(3)18(20)4/h6-11,13H,5,12,14-15H2,1-4H3,(H,25,31)(H,26,30). The first-order valence-corrected chi connectivity index (χ1v) is 11.6. The minimum absolute atomic E-state index is 0.0804. The van der Waals surface area contributed by atoms with Crippen molar-refractivity contribution in [3.63, 3.8) is 0 Å². The van der Waals surface area contributed by atoms with Gasteiger partial charge < -0.3 is 15.2 Å². The van der Waals surface area contributed by atoms with Crippen molar-refractivity contribution in [2.75, 3.05) is 17.6 Å². The summed E-state index contributed by atoms with van der Waals surface area (Å²) >= 11 is 1.32. The fourth-order valence-corrected chi connectivity index (χ4v) is 4.05. The molecular weight excluding hydrogens is 422 g/mol. The number of benzene rings is 2. The smallest absolute Gasteiger partial charge is 0.243 e. The molecule has 2 amide bonds. The average molecular weight is 452 g/mol. The van der Waals surface area contributed by atoms with Crippen molar-refractivity contribution in [2.45, 2.75) is 45.8 Å². The molecule has 0 bridgehead atoms. The Bertz CT molecular complexity index is 1110. The van der Waals surface area contributed by atoms with Crippen molar-refractivity contribution in [1.29, 1.82) is 0 Å². The summed E-state index contributed by atoms with van der Waals surface area (Å²) in [4.78, 5) is 24.5. The summed E-state index contributed by atoms with van der Waals surface area (Å²) in [5.74, 6) is 0.473. The molecule has 1 heterocycles. The van der Waals surface area contributed by atoms with Crippen molar-refractivity contribution < 1.29 is 9.59 Å². The van der Waals surface area contributed by atoms with E-state index in [1.165, 1.54) is 11.8 Å². The molecule has 0 fully saturated rings. The number of aromatic nitrogens is 3. The molecule has 0 unspecified atom stereocenters. The van der Waals surface area contributed by atoms with E-state index in [2.05, 4.69) is 33.8 Å². The minimum Gasteiger partial charge on any atom is -0.346 e. The van der Waals surface area contributed by atoms with Crippen molar-refractivity contribution in [2.24, 2.45) is 0 Å². The van der Waals surface area contributed by atoms with E-state index in [1.54, 1.807) is 0 Å². The van der Waals surface area contributed by atoms with Crippen LogP contribution in [-0.4, -0.2) is 38.9 Å². The minimum atomic E-state index is -0.257. The van der Waals surface area contributed by atoms with Crippen molar-refractivity contribution in [3.05, 3.63) is 59.2 Å². The largest absolute Gasteiger partial charge is 0.346 e. The second kappa shape index (κ2) is 10.9. The van der Waals surface area contributed by atoms with Crippen LogP contribution < -0.4 is 10.6 Å². The number of thioether (sulfide) groups is 1. The molecule has 0 aliphatic carbocycles. The summed E-state index contributed by atoms with van der Waals surface area (Å²) in [7, 11) is 0. The van der Waals surface area contributed by atoms with Crippen LogP contribution in [0, 0.1) is 20.8 Å². The highest BCUT2D eigenvalue weighted by molar-refractivity contribution is 7.99. The zero-order chi connectivity index (χ0) is 23.1. The Labute approximate surface area is 193 Å². The van der Waals surface area contributed by atoms with E-state index in [9.17, 15) is 9.59 Å². The first-order valence-electron chi connectivity index (χ1n) is 10.6. The van der Waals surface area contributed by atoms with Gasteiger partial charge in [0, 0.05) is 17.8 Å². The van der Waals surface area contributed by atoms with E-state index in [4.69, 9.17) is 0 Å². The van der Waals surface area contributed by atoms with Crippen molar-refractivity contribution in [1.82, 2.24) is 20.1 Å². The van der Waals surface area contributed by atoms with Crippen molar-refractivity contribution >= 4 is 29.3 Å². The number of aryl methyl sites for hydroxylation is 2. The number of amides is 2. The van der Waals surface area contributed by atoms with Gasteiger partial charge in [0.25, 0.3) is 0 Å². The highest BCUT2D eigenvalue weighted by atomic mass is 32.2. The molecule has 0 saturated heterocycles. The molecule has 0 spiro atoms. The third kappa shape index (κ3) is 5.97. The zero-order valence-electron chi connectivity index (χ0n) is 18.9. The second-order valence-corrected chi connectivity index (χ2v) is 8.63. The Morgan fingerprint density at radius 2 is 1.81 bits per heavy atom. The molecule has 0 aliphatic rings. The molecule has 0 radical (unpaired) electrons. The fourth-order valence-electron chi connectivity index (χ4n) is 3.26. The molecule has 3 aromatic rings. The Morgan fingerprint density at radius 1 is 1.03 bits per heavy atom. The second-order valence-electron chi connectivity index (χ2n) is 7.69. The van der Waals surface area contributed by atoms with Crippen LogP contribution in [0.5, 0.6) is 0 Å². The lowest BCUT2D eigenvalue weighted by Crippen LogP contribution is -2.34. The number of anilines is 1. The summed E-state index contributed by atoms with van der Waals surface area (Å²) in [5.41, 5.74) is 5.04. The molecule has 2 aromatic carbocycles.